The minimum absolute atomic E-state index is 0.0465. The van der Waals surface area contributed by atoms with Crippen LogP contribution in [0.4, 0.5) is 0 Å². The molecule has 0 amide bonds. The summed E-state index contributed by atoms with van der Waals surface area (Å²) >= 11 is 0. The zero-order valence-corrected chi connectivity index (χ0v) is 11.9. The lowest BCUT2D eigenvalue weighted by Crippen LogP contribution is -2.23. The molecule has 0 bridgehead atoms. The molecule has 106 valence electrons. The molecule has 0 fully saturated rings. The fourth-order valence-electron chi connectivity index (χ4n) is 2.55. The molecule has 0 aliphatic carbocycles. The molecule has 0 aliphatic rings. The summed E-state index contributed by atoms with van der Waals surface area (Å²) in [5.74, 6) is 0. The van der Waals surface area contributed by atoms with Crippen LogP contribution in [0, 0.1) is 0 Å². The van der Waals surface area contributed by atoms with Gasteiger partial charge in [0.05, 0.1) is 12.6 Å². The molecule has 3 aromatic carbocycles. The summed E-state index contributed by atoms with van der Waals surface area (Å²) in [5, 5.41) is 15.5. The topological polar surface area (TPSA) is 32.3 Å². The second-order valence-corrected chi connectivity index (χ2v) is 5.21. The highest BCUT2D eigenvalue weighted by Gasteiger charge is 2.10. The van der Waals surface area contributed by atoms with Gasteiger partial charge in [0.2, 0.25) is 0 Å². The number of hydrogen-bond donors (Lipinski definition) is 2. The lowest BCUT2D eigenvalue weighted by Gasteiger charge is -2.17. The molecule has 1 atom stereocenters. The van der Waals surface area contributed by atoms with Gasteiger partial charge in [0, 0.05) is 6.54 Å². The van der Waals surface area contributed by atoms with Crippen molar-refractivity contribution in [2.24, 2.45) is 0 Å². The van der Waals surface area contributed by atoms with Crippen LogP contribution >= 0.6 is 0 Å². The molecule has 0 saturated heterocycles. The van der Waals surface area contributed by atoms with Crippen molar-refractivity contribution in [3.8, 4) is 0 Å². The maximum absolute atomic E-state index is 9.67. The Labute approximate surface area is 125 Å². The van der Waals surface area contributed by atoms with Gasteiger partial charge in [-0.15, -0.1) is 0 Å². The molecule has 2 nitrogen and oxygen atoms in total. The Morgan fingerprint density at radius 3 is 2.29 bits per heavy atom. The van der Waals surface area contributed by atoms with Gasteiger partial charge in [0.1, 0.15) is 0 Å². The van der Waals surface area contributed by atoms with Crippen molar-refractivity contribution in [1.29, 1.82) is 0 Å². The van der Waals surface area contributed by atoms with Crippen LogP contribution in [0.25, 0.3) is 10.8 Å². The Hall–Kier alpha value is -2.16. The van der Waals surface area contributed by atoms with Crippen LogP contribution in [0.2, 0.25) is 0 Å². The molecule has 0 saturated carbocycles. The molecule has 3 rings (SSSR count). The second-order valence-electron chi connectivity index (χ2n) is 5.21. The molecular formula is C19H19NO. The van der Waals surface area contributed by atoms with Crippen LogP contribution in [0.3, 0.4) is 0 Å². The first-order chi connectivity index (χ1) is 10.4. The van der Waals surface area contributed by atoms with Gasteiger partial charge in [-0.1, -0.05) is 66.7 Å². The number of aliphatic hydroxyl groups excluding tert-OH is 1. The van der Waals surface area contributed by atoms with E-state index in [2.05, 4.69) is 47.8 Å². The Bertz CT molecular complexity index is 709. The van der Waals surface area contributed by atoms with Crippen LogP contribution in [-0.4, -0.2) is 11.7 Å². The summed E-state index contributed by atoms with van der Waals surface area (Å²) in [4.78, 5) is 0. The Balaban J connectivity index is 1.78. The van der Waals surface area contributed by atoms with Crippen LogP contribution in [0.15, 0.2) is 72.8 Å². The molecule has 2 heteroatoms. The van der Waals surface area contributed by atoms with Gasteiger partial charge < -0.3 is 10.4 Å². The van der Waals surface area contributed by atoms with Crippen molar-refractivity contribution < 1.29 is 5.11 Å². The summed E-state index contributed by atoms with van der Waals surface area (Å²) in [5.41, 5.74) is 2.34. The van der Waals surface area contributed by atoms with Gasteiger partial charge in [-0.3, -0.25) is 0 Å². The summed E-state index contributed by atoms with van der Waals surface area (Å²) in [6.45, 7) is 0.837. The fourth-order valence-corrected chi connectivity index (χ4v) is 2.55. The minimum Gasteiger partial charge on any atom is -0.394 e. The van der Waals surface area contributed by atoms with E-state index in [-0.39, 0.29) is 12.6 Å². The first-order valence-corrected chi connectivity index (χ1v) is 7.24. The fraction of sp³-hybridized carbons (Fsp3) is 0.158. The molecule has 0 aliphatic heterocycles. The zero-order valence-electron chi connectivity index (χ0n) is 11.9. The number of benzene rings is 3. The quantitative estimate of drug-likeness (QED) is 0.746. The van der Waals surface area contributed by atoms with E-state index >= 15 is 0 Å². The standard InChI is InChI=1S/C19H19NO/c21-14-19(20-13-15-6-2-1-3-7-15)18-11-10-16-8-4-5-9-17(16)12-18/h1-12,19-21H,13-14H2. The number of aliphatic hydroxyl groups is 1. The van der Waals surface area contributed by atoms with E-state index in [0.717, 1.165) is 12.1 Å². The minimum atomic E-state index is -0.0465. The van der Waals surface area contributed by atoms with E-state index in [4.69, 9.17) is 0 Å². The Morgan fingerprint density at radius 2 is 1.52 bits per heavy atom. The largest absolute Gasteiger partial charge is 0.394 e. The van der Waals surface area contributed by atoms with Gasteiger partial charge in [-0.2, -0.15) is 0 Å². The summed E-state index contributed by atoms with van der Waals surface area (Å²) in [6.07, 6.45) is 0. The normalized spacial score (nSPS) is 12.4. The number of rotatable bonds is 5. The molecule has 0 aromatic heterocycles. The molecule has 1 unspecified atom stereocenters. The smallest absolute Gasteiger partial charge is 0.0626 e. The molecule has 3 aromatic rings. The van der Waals surface area contributed by atoms with E-state index in [1.165, 1.54) is 16.3 Å². The molecule has 21 heavy (non-hydrogen) atoms. The van der Waals surface area contributed by atoms with Gasteiger partial charge in [0.15, 0.2) is 0 Å². The first-order valence-electron chi connectivity index (χ1n) is 7.24. The number of fused-ring (bicyclic) bond motifs is 1. The lowest BCUT2D eigenvalue weighted by atomic mass is 10.0. The summed E-state index contributed by atoms with van der Waals surface area (Å²) < 4.78 is 0. The predicted octanol–water partition coefficient (Wildman–Crippen LogP) is 3.66. The second kappa shape index (κ2) is 6.53. The van der Waals surface area contributed by atoms with Crippen LogP contribution in [0.5, 0.6) is 0 Å². The van der Waals surface area contributed by atoms with Crippen molar-refractivity contribution in [1.82, 2.24) is 5.32 Å². The maximum atomic E-state index is 9.67. The number of hydrogen-bond acceptors (Lipinski definition) is 2. The molecule has 2 N–H and O–H groups in total. The first kappa shape index (κ1) is 13.8. The maximum Gasteiger partial charge on any atom is 0.0626 e. The third kappa shape index (κ3) is 3.30. The monoisotopic (exact) mass is 277 g/mol. The van der Waals surface area contributed by atoms with Crippen molar-refractivity contribution in [3.63, 3.8) is 0 Å². The Morgan fingerprint density at radius 1 is 0.810 bits per heavy atom. The third-order valence-electron chi connectivity index (χ3n) is 3.75. The molecule has 0 heterocycles. The van der Waals surface area contributed by atoms with E-state index in [9.17, 15) is 5.11 Å². The number of nitrogens with one attached hydrogen (secondary N) is 1. The van der Waals surface area contributed by atoms with Crippen LogP contribution < -0.4 is 5.32 Å². The highest BCUT2D eigenvalue weighted by atomic mass is 16.3. The van der Waals surface area contributed by atoms with Gasteiger partial charge in [0.25, 0.3) is 0 Å². The highest BCUT2D eigenvalue weighted by Crippen LogP contribution is 2.20. The predicted molar refractivity (Wildman–Crippen MR) is 87.1 cm³/mol. The van der Waals surface area contributed by atoms with Crippen molar-refractivity contribution in [3.05, 3.63) is 83.9 Å². The van der Waals surface area contributed by atoms with E-state index < -0.39 is 0 Å². The van der Waals surface area contributed by atoms with Crippen LogP contribution in [0.1, 0.15) is 17.2 Å². The zero-order chi connectivity index (χ0) is 14.5. The highest BCUT2D eigenvalue weighted by molar-refractivity contribution is 5.83. The van der Waals surface area contributed by atoms with Gasteiger partial charge >= 0.3 is 0 Å². The SMILES string of the molecule is OCC(NCc1ccccc1)c1ccc2ccccc2c1. The molecule has 0 radical (unpaired) electrons. The van der Waals surface area contributed by atoms with Crippen molar-refractivity contribution in [2.75, 3.05) is 6.61 Å². The van der Waals surface area contributed by atoms with E-state index in [0.29, 0.717) is 0 Å². The van der Waals surface area contributed by atoms with Crippen molar-refractivity contribution >= 4 is 10.8 Å². The van der Waals surface area contributed by atoms with Gasteiger partial charge in [-0.05, 0) is 28.0 Å². The van der Waals surface area contributed by atoms with E-state index in [1.807, 2.05) is 30.3 Å². The van der Waals surface area contributed by atoms with Gasteiger partial charge in [-0.25, -0.2) is 0 Å². The molecule has 0 spiro atoms. The Kier molecular flexibility index (Phi) is 4.29. The summed E-state index contributed by atoms with van der Waals surface area (Å²) in [6, 6.07) is 24.8. The lowest BCUT2D eigenvalue weighted by molar-refractivity contribution is 0.244. The third-order valence-corrected chi connectivity index (χ3v) is 3.75. The molecular weight excluding hydrogens is 258 g/mol. The van der Waals surface area contributed by atoms with E-state index in [1.54, 1.807) is 0 Å². The summed E-state index contributed by atoms with van der Waals surface area (Å²) in [7, 11) is 0. The average molecular weight is 277 g/mol. The van der Waals surface area contributed by atoms with Crippen molar-refractivity contribution in [2.45, 2.75) is 12.6 Å². The van der Waals surface area contributed by atoms with Crippen LogP contribution in [-0.2, 0) is 6.54 Å². The average Bonchev–Trinajstić information content (AvgIpc) is 2.56.